The van der Waals surface area contributed by atoms with Crippen LogP contribution < -0.4 is 15.6 Å². The van der Waals surface area contributed by atoms with Gasteiger partial charge in [-0.1, -0.05) is 17.3 Å². The number of ether oxygens (including phenoxy) is 1. The summed E-state index contributed by atoms with van der Waals surface area (Å²) >= 11 is 0. The number of pyridine rings is 1. The van der Waals surface area contributed by atoms with Gasteiger partial charge in [0, 0.05) is 18.2 Å². The summed E-state index contributed by atoms with van der Waals surface area (Å²) in [7, 11) is 1.53. The Kier molecular flexibility index (Phi) is 4.45. The summed E-state index contributed by atoms with van der Waals surface area (Å²) < 4.78 is 11.8. The molecule has 0 radical (unpaired) electrons. The van der Waals surface area contributed by atoms with Crippen LogP contribution in [0.3, 0.4) is 0 Å². The predicted molar refractivity (Wildman–Crippen MR) is 97.6 cm³/mol. The largest absolute Gasteiger partial charge is 0.495 e. The summed E-state index contributed by atoms with van der Waals surface area (Å²) in [5.74, 6) is 1.61. The molecule has 8 heteroatoms. The van der Waals surface area contributed by atoms with Crippen molar-refractivity contribution in [3.63, 3.8) is 0 Å². The van der Waals surface area contributed by atoms with E-state index in [-0.39, 0.29) is 18.0 Å². The van der Waals surface area contributed by atoms with Gasteiger partial charge in [0.25, 0.3) is 11.4 Å². The number of rotatable bonds is 6. The molecule has 138 valence electrons. The summed E-state index contributed by atoms with van der Waals surface area (Å²) in [6.45, 7) is -0.145. The lowest BCUT2D eigenvalue weighted by atomic mass is 10.2. The Balaban J connectivity index is 1.52. The van der Waals surface area contributed by atoms with Gasteiger partial charge in [0.15, 0.2) is 5.82 Å². The van der Waals surface area contributed by atoms with E-state index >= 15 is 0 Å². The van der Waals surface area contributed by atoms with E-state index in [0.717, 1.165) is 12.8 Å². The van der Waals surface area contributed by atoms with E-state index in [1.165, 1.54) is 17.7 Å². The van der Waals surface area contributed by atoms with Gasteiger partial charge in [0.05, 0.1) is 18.4 Å². The first-order valence-corrected chi connectivity index (χ1v) is 8.61. The first-order chi connectivity index (χ1) is 13.1. The minimum absolute atomic E-state index is 0.145. The number of amides is 1. The van der Waals surface area contributed by atoms with Gasteiger partial charge >= 0.3 is 0 Å². The first kappa shape index (κ1) is 17.0. The lowest BCUT2D eigenvalue weighted by Gasteiger charge is -2.11. The molecule has 27 heavy (non-hydrogen) atoms. The van der Waals surface area contributed by atoms with E-state index in [9.17, 15) is 9.59 Å². The van der Waals surface area contributed by atoms with Gasteiger partial charge in [-0.2, -0.15) is 4.98 Å². The van der Waals surface area contributed by atoms with Crippen molar-refractivity contribution in [2.24, 2.45) is 0 Å². The fraction of sp³-hybridized carbons (Fsp3) is 0.263. The maximum atomic E-state index is 12.4. The number of benzene rings is 1. The van der Waals surface area contributed by atoms with Crippen molar-refractivity contribution >= 4 is 11.6 Å². The highest BCUT2D eigenvalue weighted by Gasteiger charge is 2.29. The molecule has 2 aromatic heterocycles. The normalized spacial score (nSPS) is 13.4. The van der Waals surface area contributed by atoms with Gasteiger partial charge in [0.1, 0.15) is 12.3 Å². The molecule has 4 rings (SSSR count). The van der Waals surface area contributed by atoms with Crippen molar-refractivity contribution in [2.45, 2.75) is 25.3 Å². The highest BCUT2D eigenvalue weighted by Crippen LogP contribution is 2.38. The van der Waals surface area contributed by atoms with Gasteiger partial charge in [-0.05, 0) is 31.0 Å². The SMILES string of the molecule is COc1ccccc1NC(=O)Cn1cc(-c2nc(C3CC3)no2)ccc1=O. The van der Waals surface area contributed by atoms with Crippen LogP contribution in [0.5, 0.6) is 5.75 Å². The Bertz CT molecular complexity index is 1040. The Morgan fingerprint density at radius 2 is 2.11 bits per heavy atom. The second-order valence-corrected chi connectivity index (χ2v) is 6.36. The third-order valence-corrected chi connectivity index (χ3v) is 4.31. The number of nitrogens with zero attached hydrogens (tertiary/aromatic N) is 3. The topological polar surface area (TPSA) is 99.2 Å². The maximum Gasteiger partial charge on any atom is 0.259 e. The first-order valence-electron chi connectivity index (χ1n) is 8.61. The molecule has 1 amide bonds. The molecule has 0 spiro atoms. The van der Waals surface area contributed by atoms with Crippen molar-refractivity contribution in [1.29, 1.82) is 0 Å². The predicted octanol–water partition coefficient (Wildman–Crippen LogP) is 2.42. The molecule has 0 aliphatic heterocycles. The van der Waals surface area contributed by atoms with Crippen molar-refractivity contribution in [2.75, 3.05) is 12.4 Å². The monoisotopic (exact) mass is 366 g/mol. The third-order valence-electron chi connectivity index (χ3n) is 4.31. The molecule has 8 nitrogen and oxygen atoms in total. The van der Waals surface area contributed by atoms with E-state index in [0.29, 0.717) is 34.6 Å². The average molecular weight is 366 g/mol. The molecule has 0 unspecified atom stereocenters. The van der Waals surface area contributed by atoms with Crippen molar-refractivity contribution in [3.05, 3.63) is 58.8 Å². The fourth-order valence-corrected chi connectivity index (χ4v) is 2.73. The second-order valence-electron chi connectivity index (χ2n) is 6.36. The second kappa shape index (κ2) is 7.06. The minimum Gasteiger partial charge on any atom is -0.495 e. The summed E-state index contributed by atoms with van der Waals surface area (Å²) in [6.07, 6.45) is 3.69. The van der Waals surface area contributed by atoms with Crippen LogP contribution in [-0.2, 0) is 11.3 Å². The Morgan fingerprint density at radius 1 is 1.30 bits per heavy atom. The van der Waals surface area contributed by atoms with E-state index in [1.54, 1.807) is 30.5 Å². The van der Waals surface area contributed by atoms with Crippen LogP contribution in [0.25, 0.3) is 11.5 Å². The number of nitrogens with one attached hydrogen (secondary N) is 1. The van der Waals surface area contributed by atoms with E-state index in [4.69, 9.17) is 9.26 Å². The molecule has 1 saturated carbocycles. The number of hydrogen-bond donors (Lipinski definition) is 1. The Labute approximate surface area is 154 Å². The van der Waals surface area contributed by atoms with Gasteiger partial charge in [0.2, 0.25) is 5.91 Å². The summed E-state index contributed by atoms with van der Waals surface area (Å²) in [4.78, 5) is 28.9. The lowest BCUT2D eigenvalue weighted by Crippen LogP contribution is -2.27. The van der Waals surface area contributed by atoms with E-state index in [2.05, 4.69) is 15.5 Å². The molecule has 1 N–H and O–H groups in total. The number of para-hydroxylation sites is 2. The third kappa shape index (κ3) is 3.74. The zero-order valence-corrected chi connectivity index (χ0v) is 14.7. The molecule has 0 atom stereocenters. The number of carbonyl (C=O) groups is 1. The van der Waals surface area contributed by atoms with Crippen LogP contribution in [-0.4, -0.2) is 27.7 Å². The fourth-order valence-electron chi connectivity index (χ4n) is 2.73. The maximum absolute atomic E-state index is 12.4. The molecular weight excluding hydrogens is 348 g/mol. The van der Waals surface area contributed by atoms with Crippen LogP contribution in [0.1, 0.15) is 24.6 Å². The standard InChI is InChI=1S/C19H18N4O4/c1-26-15-5-3-2-4-14(15)20-16(24)11-23-10-13(8-9-17(23)25)19-21-18(22-27-19)12-6-7-12/h2-5,8-10,12H,6-7,11H2,1H3,(H,20,24). The lowest BCUT2D eigenvalue weighted by molar-refractivity contribution is -0.116. The van der Waals surface area contributed by atoms with Gasteiger partial charge < -0.3 is 19.1 Å². The van der Waals surface area contributed by atoms with Gasteiger partial charge in [-0.15, -0.1) is 0 Å². The molecule has 2 heterocycles. The summed E-state index contributed by atoms with van der Waals surface area (Å²) in [6, 6.07) is 10.1. The molecule has 0 saturated heterocycles. The smallest absolute Gasteiger partial charge is 0.259 e. The average Bonchev–Trinajstić information content (AvgIpc) is 3.41. The minimum atomic E-state index is -0.344. The Hall–Kier alpha value is -3.42. The molecule has 0 bridgehead atoms. The van der Waals surface area contributed by atoms with Crippen LogP contribution in [0, 0.1) is 0 Å². The molecular formula is C19H18N4O4. The number of anilines is 1. The van der Waals surface area contributed by atoms with Crippen molar-refractivity contribution < 1.29 is 14.1 Å². The zero-order chi connectivity index (χ0) is 18.8. The van der Waals surface area contributed by atoms with Gasteiger partial charge in [-0.25, -0.2) is 0 Å². The van der Waals surface area contributed by atoms with Crippen LogP contribution >= 0.6 is 0 Å². The van der Waals surface area contributed by atoms with Gasteiger partial charge in [-0.3, -0.25) is 9.59 Å². The van der Waals surface area contributed by atoms with Crippen LogP contribution in [0.2, 0.25) is 0 Å². The zero-order valence-electron chi connectivity index (χ0n) is 14.7. The molecule has 1 fully saturated rings. The number of methoxy groups -OCH3 is 1. The summed E-state index contributed by atoms with van der Waals surface area (Å²) in [5, 5.41) is 6.72. The van der Waals surface area contributed by atoms with Crippen molar-refractivity contribution in [3.8, 4) is 17.2 Å². The van der Waals surface area contributed by atoms with Crippen LogP contribution in [0.4, 0.5) is 5.69 Å². The molecule has 1 aromatic carbocycles. The highest BCUT2D eigenvalue weighted by atomic mass is 16.5. The van der Waals surface area contributed by atoms with E-state index < -0.39 is 0 Å². The molecule has 3 aromatic rings. The number of hydrogen-bond acceptors (Lipinski definition) is 6. The quantitative estimate of drug-likeness (QED) is 0.719. The van der Waals surface area contributed by atoms with E-state index in [1.807, 2.05) is 6.07 Å². The number of carbonyl (C=O) groups excluding carboxylic acids is 1. The highest BCUT2D eigenvalue weighted by molar-refractivity contribution is 5.92. The van der Waals surface area contributed by atoms with Crippen LogP contribution in [0.15, 0.2) is 51.9 Å². The summed E-state index contributed by atoms with van der Waals surface area (Å²) in [5.41, 5.74) is 0.843. The molecule has 1 aliphatic carbocycles. The number of aromatic nitrogens is 3. The van der Waals surface area contributed by atoms with Crippen molar-refractivity contribution in [1.82, 2.24) is 14.7 Å². The Morgan fingerprint density at radius 3 is 2.89 bits per heavy atom. The molecule has 1 aliphatic rings.